The molecule has 106 valence electrons. The molecule has 0 saturated carbocycles. The SMILES string of the molecule is CNCC1CCCN(Cc2ccc(C)c(OC)c2)C1. The van der Waals surface area contributed by atoms with Crippen LogP contribution in [-0.4, -0.2) is 38.7 Å². The average Bonchev–Trinajstić information content (AvgIpc) is 2.42. The second kappa shape index (κ2) is 6.92. The molecule has 1 aromatic carbocycles. The lowest BCUT2D eigenvalue weighted by Gasteiger charge is -2.32. The Balaban J connectivity index is 1.96. The van der Waals surface area contributed by atoms with Gasteiger partial charge in [-0.3, -0.25) is 4.90 Å². The number of methoxy groups -OCH3 is 1. The van der Waals surface area contributed by atoms with Crippen LogP contribution in [0.2, 0.25) is 0 Å². The summed E-state index contributed by atoms with van der Waals surface area (Å²) in [7, 11) is 3.79. The first-order valence-electron chi connectivity index (χ1n) is 7.23. The number of nitrogens with one attached hydrogen (secondary N) is 1. The summed E-state index contributed by atoms with van der Waals surface area (Å²) in [6, 6.07) is 6.56. The predicted octanol–water partition coefficient (Wildman–Crippen LogP) is 2.44. The van der Waals surface area contributed by atoms with Gasteiger partial charge in [0.1, 0.15) is 5.75 Å². The van der Waals surface area contributed by atoms with Crippen LogP contribution in [0.3, 0.4) is 0 Å². The van der Waals surface area contributed by atoms with E-state index in [1.165, 1.54) is 37.1 Å². The summed E-state index contributed by atoms with van der Waals surface area (Å²) in [6.07, 6.45) is 2.67. The van der Waals surface area contributed by atoms with E-state index >= 15 is 0 Å². The minimum Gasteiger partial charge on any atom is -0.496 e. The topological polar surface area (TPSA) is 24.5 Å². The molecule has 1 unspecified atom stereocenters. The molecule has 3 nitrogen and oxygen atoms in total. The summed E-state index contributed by atoms with van der Waals surface area (Å²) >= 11 is 0. The van der Waals surface area contributed by atoms with E-state index in [0.717, 1.165) is 24.8 Å². The van der Waals surface area contributed by atoms with E-state index < -0.39 is 0 Å². The van der Waals surface area contributed by atoms with Gasteiger partial charge < -0.3 is 10.1 Å². The van der Waals surface area contributed by atoms with Gasteiger partial charge in [0.25, 0.3) is 0 Å². The van der Waals surface area contributed by atoms with Crippen LogP contribution in [0, 0.1) is 12.8 Å². The Morgan fingerprint density at radius 3 is 3.00 bits per heavy atom. The van der Waals surface area contributed by atoms with E-state index in [2.05, 4.69) is 35.3 Å². The van der Waals surface area contributed by atoms with Crippen molar-refractivity contribution in [2.24, 2.45) is 5.92 Å². The summed E-state index contributed by atoms with van der Waals surface area (Å²) < 4.78 is 5.41. The molecule has 2 rings (SSSR count). The largest absolute Gasteiger partial charge is 0.496 e. The molecule has 1 heterocycles. The molecule has 1 aliphatic heterocycles. The third-order valence-electron chi connectivity index (χ3n) is 3.97. The van der Waals surface area contributed by atoms with Crippen LogP contribution in [0.5, 0.6) is 5.75 Å². The van der Waals surface area contributed by atoms with Gasteiger partial charge in [-0.15, -0.1) is 0 Å². The molecule has 1 aromatic rings. The number of rotatable bonds is 5. The highest BCUT2D eigenvalue weighted by Gasteiger charge is 2.19. The maximum absolute atomic E-state index is 5.41. The minimum atomic E-state index is 0.797. The standard InChI is InChI=1S/C16H26N2O/c1-13-6-7-14(9-16(13)19-3)11-18-8-4-5-15(12-18)10-17-2/h6-7,9,15,17H,4-5,8,10-12H2,1-3H3. The smallest absolute Gasteiger partial charge is 0.122 e. The van der Waals surface area contributed by atoms with E-state index in [9.17, 15) is 0 Å². The van der Waals surface area contributed by atoms with Crippen molar-refractivity contribution in [1.29, 1.82) is 0 Å². The van der Waals surface area contributed by atoms with Crippen molar-refractivity contribution in [3.63, 3.8) is 0 Å². The van der Waals surface area contributed by atoms with Crippen LogP contribution in [0.4, 0.5) is 0 Å². The first-order chi connectivity index (χ1) is 9.22. The van der Waals surface area contributed by atoms with Crippen molar-refractivity contribution in [3.05, 3.63) is 29.3 Å². The van der Waals surface area contributed by atoms with Gasteiger partial charge in [-0.1, -0.05) is 12.1 Å². The molecular formula is C16H26N2O. The van der Waals surface area contributed by atoms with Crippen molar-refractivity contribution in [1.82, 2.24) is 10.2 Å². The van der Waals surface area contributed by atoms with Crippen molar-refractivity contribution in [3.8, 4) is 5.75 Å². The quantitative estimate of drug-likeness (QED) is 0.882. The number of piperidine rings is 1. The van der Waals surface area contributed by atoms with Gasteiger partial charge in [-0.25, -0.2) is 0 Å². The molecule has 0 bridgehead atoms. The lowest BCUT2D eigenvalue weighted by Crippen LogP contribution is -2.38. The normalized spacial score (nSPS) is 20.5. The van der Waals surface area contributed by atoms with Gasteiger partial charge in [0.15, 0.2) is 0 Å². The Morgan fingerprint density at radius 1 is 1.42 bits per heavy atom. The van der Waals surface area contributed by atoms with E-state index in [4.69, 9.17) is 4.74 Å². The van der Waals surface area contributed by atoms with Crippen molar-refractivity contribution >= 4 is 0 Å². The van der Waals surface area contributed by atoms with Crippen LogP contribution in [0.25, 0.3) is 0 Å². The van der Waals surface area contributed by atoms with Crippen LogP contribution in [0.1, 0.15) is 24.0 Å². The fourth-order valence-electron chi connectivity index (χ4n) is 2.97. The van der Waals surface area contributed by atoms with Gasteiger partial charge in [-0.2, -0.15) is 0 Å². The molecule has 1 N–H and O–H groups in total. The van der Waals surface area contributed by atoms with Crippen LogP contribution in [0.15, 0.2) is 18.2 Å². The Kier molecular flexibility index (Phi) is 5.23. The third kappa shape index (κ3) is 3.95. The number of hydrogen-bond acceptors (Lipinski definition) is 3. The van der Waals surface area contributed by atoms with Crippen molar-refractivity contribution in [2.75, 3.05) is 33.8 Å². The number of aryl methyl sites for hydroxylation is 1. The minimum absolute atomic E-state index is 0.797. The first kappa shape index (κ1) is 14.4. The highest BCUT2D eigenvalue weighted by molar-refractivity contribution is 5.36. The third-order valence-corrected chi connectivity index (χ3v) is 3.97. The van der Waals surface area contributed by atoms with Gasteiger partial charge >= 0.3 is 0 Å². The number of nitrogens with zero attached hydrogens (tertiary/aromatic N) is 1. The Labute approximate surface area is 116 Å². The van der Waals surface area contributed by atoms with Gasteiger partial charge in [0.2, 0.25) is 0 Å². The summed E-state index contributed by atoms with van der Waals surface area (Å²) in [4.78, 5) is 2.57. The fourth-order valence-corrected chi connectivity index (χ4v) is 2.97. The average molecular weight is 262 g/mol. The summed E-state index contributed by atoms with van der Waals surface area (Å²) in [5.41, 5.74) is 2.56. The fraction of sp³-hybridized carbons (Fsp3) is 0.625. The van der Waals surface area contributed by atoms with E-state index in [1.54, 1.807) is 7.11 Å². The molecule has 19 heavy (non-hydrogen) atoms. The number of likely N-dealkylation sites (tertiary alicyclic amines) is 1. The van der Waals surface area contributed by atoms with E-state index in [0.29, 0.717) is 0 Å². The molecule has 1 fully saturated rings. The highest BCUT2D eigenvalue weighted by atomic mass is 16.5. The molecule has 0 spiro atoms. The Hall–Kier alpha value is -1.06. The molecule has 0 aromatic heterocycles. The number of hydrogen-bond donors (Lipinski definition) is 1. The van der Waals surface area contributed by atoms with E-state index in [1.807, 2.05) is 7.05 Å². The zero-order chi connectivity index (χ0) is 13.7. The number of ether oxygens (including phenoxy) is 1. The maximum atomic E-state index is 5.41. The molecular weight excluding hydrogens is 236 g/mol. The van der Waals surface area contributed by atoms with Gasteiger partial charge in [-0.05, 0) is 63.0 Å². The Morgan fingerprint density at radius 2 is 2.26 bits per heavy atom. The molecule has 0 aliphatic carbocycles. The van der Waals surface area contributed by atoms with Crippen molar-refractivity contribution < 1.29 is 4.74 Å². The zero-order valence-electron chi connectivity index (χ0n) is 12.4. The molecule has 1 atom stereocenters. The van der Waals surface area contributed by atoms with Crippen LogP contribution < -0.4 is 10.1 Å². The maximum Gasteiger partial charge on any atom is 0.122 e. The zero-order valence-corrected chi connectivity index (χ0v) is 12.4. The number of benzene rings is 1. The summed E-state index contributed by atoms with van der Waals surface area (Å²) in [6.45, 7) is 6.68. The van der Waals surface area contributed by atoms with Crippen LogP contribution in [-0.2, 0) is 6.54 Å². The molecule has 1 saturated heterocycles. The molecule has 0 radical (unpaired) electrons. The monoisotopic (exact) mass is 262 g/mol. The van der Waals surface area contributed by atoms with Crippen molar-refractivity contribution in [2.45, 2.75) is 26.3 Å². The summed E-state index contributed by atoms with van der Waals surface area (Å²) in [5.74, 6) is 1.80. The lowest BCUT2D eigenvalue weighted by atomic mass is 9.97. The first-order valence-corrected chi connectivity index (χ1v) is 7.23. The second-order valence-corrected chi connectivity index (χ2v) is 5.61. The van der Waals surface area contributed by atoms with Crippen LogP contribution >= 0.6 is 0 Å². The summed E-state index contributed by atoms with van der Waals surface area (Å²) in [5, 5.41) is 3.30. The predicted molar refractivity (Wildman–Crippen MR) is 79.7 cm³/mol. The Bertz CT molecular complexity index is 404. The van der Waals surface area contributed by atoms with E-state index in [-0.39, 0.29) is 0 Å². The van der Waals surface area contributed by atoms with Gasteiger partial charge in [0, 0.05) is 13.1 Å². The lowest BCUT2D eigenvalue weighted by molar-refractivity contribution is 0.166. The molecule has 1 aliphatic rings. The molecule has 3 heteroatoms. The second-order valence-electron chi connectivity index (χ2n) is 5.61. The highest BCUT2D eigenvalue weighted by Crippen LogP contribution is 2.22. The van der Waals surface area contributed by atoms with Gasteiger partial charge in [0.05, 0.1) is 7.11 Å². The molecule has 0 amide bonds.